The fourth-order valence-electron chi connectivity index (χ4n) is 3.33. The number of allylic oxidation sites excluding steroid dienone is 1. The van der Waals surface area contributed by atoms with Crippen LogP contribution in [0.5, 0.6) is 5.75 Å². The Labute approximate surface area is 178 Å². The molecular formula is C23H24BrNO4. The van der Waals surface area contributed by atoms with Crippen LogP contribution in [0, 0.1) is 6.92 Å². The van der Waals surface area contributed by atoms with Crippen molar-refractivity contribution in [1.29, 1.82) is 0 Å². The summed E-state index contributed by atoms with van der Waals surface area (Å²) in [6, 6.07) is 10.1. The molecule has 0 unspecified atom stereocenters. The van der Waals surface area contributed by atoms with Gasteiger partial charge in [0.1, 0.15) is 11.3 Å². The Morgan fingerprint density at radius 3 is 2.62 bits per heavy atom. The number of amides is 1. The SMILES string of the molecule is COCCNC(=O)/C=C(\C)c1cc2c(-c3ccc(Br)cc3)coc2c(C)c1OC. The molecule has 0 saturated heterocycles. The first-order valence-electron chi connectivity index (χ1n) is 9.26. The number of ether oxygens (including phenoxy) is 2. The fraction of sp³-hybridized carbons (Fsp3) is 0.261. The van der Waals surface area contributed by atoms with E-state index in [1.54, 1.807) is 26.6 Å². The highest BCUT2D eigenvalue weighted by atomic mass is 79.9. The summed E-state index contributed by atoms with van der Waals surface area (Å²) in [7, 11) is 3.23. The summed E-state index contributed by atoms with van der Waals surface area (Å²) in [5, 5.41) is 3.79. The van der Waals surface area contributed by atoms with E-state index in [1.165, 1.54) is 0 Å². The largest absolute Gasteiger partial charge is 0.496 e. The lowest BCUT2D eigenvalue weighted by atomic mass is 9.96. The van der Waals surface area contributed by atoms with E-state index in [9.17, 15) is 4.79 Å². The zero-order valence-electron chi connectivity index (χ0n) is 17.0. The molecule has 0 bridgehead atoms. The van der Waals surface area contributed by atoms with Gasteiger partial charge in [0.15, 0.2) is 0 Å². The van der Waals surface area contributed by atoms with Gasteiger partial charge in [0.05, 0.1) is 20.0 Å². The smallest absolute Gasteiger partial charge is 0.244 e. The summed E-state index contributed by atoms with van der Waals surface area (Å²) < 4.78 is 17.5. The third kappa shape index (κ3) is 4.54. The van der Waals surface area contributed by atoms with Crippen LogP contribution in [0.4, 0.5) is 0 Å². The Hall–Kier alpha value is -2.57. The number of nitrogens with one attached hydrogen (secondary N) is 1. The van der Waals surface area contributed by atoms with Crippen molar-refractivity contribution in [3.05, 3.63) is 58.3 Å². The van der Waals surface area contributed by atoms with Crippen LogP contribution < -0.4 is 10.1 Å². The van der Waals surface area contributed by atoms with E-state index in [4.69, 9.17) is 13.9 Å². The van der Waals surface area contributed by atoms with Gasteiger partial charge >= 0.3 is 0 Å². The maximum atomic E-state index is 12.2. The topological polar surface area (TPSA) is 60.7 Å². The van der Waals surface area contributed by atoms with Crippen molar-refractivity contribution >= 4 is 38.4 Å². The summed E-state index contributed by atoms with van der Waals surface area (Å²) in [6.07, 6.45) is 3.35. The third-order valence-corrected chi connectivity index (χ3v) is 5.31. The lowest BCUT2D eigenvalue weighted by Crippen LogP contribution is -2.25. The Kier molecular flexibility index (Phi) is 6.77. The highest BCUT2D eigenvalue weighted by Crippen LogP contribution is 2.40. The maximum Gasteiger partial charge on any atom is 0.244 e. The van der Waals surface area contributed by atoms with Crippen LogP contribution in [-0.2, 0) is 9.53 Å². The van der Waals surface area contributed by atoms with Crippen molar-refractivity contribution in [2.75, 3.05) is 27.4 Å². The quantitative estimate of drug-likeness (QED) is 0.383. The number of halogens is 1. The molecule has 152 valence electrons. The standard InChI is InChI=1S/C23H24BrNO4/c1-14(11-21(26)25-9-10-27-3)18-12-19-20(16-5-7-17(24)8-6-16)13-29-23(19)15(2)22(18)28-4/h5-8,11-13H,9-10H2,1-4H3,(H,25,26)/b14-11+. The number of methoxy groups -OCH3 is 2. The molecule has 0 atom stereocenters. The Balaban J connectivity index is 2.07. The van der Waals surface area contributed by atoms with Crippen molar-refractivity contribution in [2.45, 2.75) is 13.8 Å². The third-order valence-electron chi connectivity index (χ3n) is 4.78. The molecule has 3 aromatic rings. The molecule has 0 fully saturated rings. The van der Waals surface area contributed by atoms with Crippen LogP contribution in [0.1, 0.15) is 18.1 Å². The average molecular weight is 458 g/mol. The number of hydrogen-bond donors (Lipinski definition) is 1. The van der Waals surface area contributed by atoms with Gasteiger partial charge in [0, 0.05) is 46.3 Å². The van der Waals surface area contributed by atoms with E-state index in [0.29, 0.717) is 18.9 Å². The predicted octanol–water partition coefficient (Wildman–Crippen LogP) is 5.35. The Morgan fingerprint density at radius 1 is 1.24 bits per heavy atom. The van der Waals surface area contributed by atoms with Crippen molar-refractivity contribution in [3.8, 4) is 16.9 Å². The minimum absolute atomic E-state index is 0.167. The number of carbonyl (C=O) groups is 1. The van der Waals surface area contributed by atoms with E-state index < -0.39 is 0 Å². The molecule has 5 nitrogen and oxygen atoms in total. The van der Waals surface area contributed by atoms with Crippen LogP contribution in [0.2, 0.25) is 0 Å². The molecule has 1 amide bonds. The van der Waals surface area contributed by atoms with Gasteiger partial charge in [-0.3, -0.25) is 4.79 Å². The van der Waals surface area contributed by atoms with Gasteiger partial charge in [-0.05, 0) is 43.2 Å². The van der Waals surface area contributed by atoms with Crippen molar-refractivity contribution < 1.29 is 18.7 Å². The normalized spacial score (nSPS) is 11.7. The lowest BCUT2D eigenvalue weighted by molar-refractivity contribution is -0.116. The minimum Gasteiger partial charge on any atom is -0.496 e. The minimum atomic E-state index is -0.167. The molecule has 0 aliphatic carbocycles. The molecule has 29 heavy (non-hydrogen) atoms. The first-order valence-corrected chi connectivity index (χ1v) is 10.1. The van der Waals surface area contributed by atoms with Gasteiger partial charge in [-0.1, -0.05) is 28.1 Å². The summed E-state index contributed by atoms with van der Waals surface area (Å²) in [4.78, 5) is 12.2. The zero-order chi connectivity index (χ0) is 21.0. The van der Waals surface area contributed by atoms with Crippen molar-refractivity contribution in [2.24, 2.45) is 0 Å². The molecule has 1 N–H and O–H groups in total. The average Bonchev–Trinajstić information content (AvgIpc) is 3.13. The van der Waals surface area contributed by atoms with E-state index in [1.807, 2.05) is 44.2 Å². The molecular weight excluding hydrogens is 434 g/mol. The van der Waals surface area contributed by atoms with Gasteiger partial charge < -0.3 is 19.2 Å². The van der Waals surface area contributed by atoms with Crippen molar-refractivity contribution in [1.82, 2.24) is 5.32 Å². The van der Waals surface area contributed by atoms with Crippen molar-refractivity contribution in [3.63, 3.8) is 0 Å². The highest BCUT2D eigenvalue weighted by Gasteiger charge is 2.18. The van der Waals surface area contributed by atoms with Gasteiger partial charge in [-0.2, -0.15) is 0 Å². The molecule has 1 aromatic heterocycles. The molecule has 0 spiro atoms. The first-order chi connectivity index (χ1) is 14.0. The Morgan fingerprint density at radius 2 is 1.97 bits per heavy atom. The number of carbonyl (C=O) groups excluding carboxylic acids is 1. The van der Waals surface area contributed by atoms with E-state index >= 15 is 0 Å². The molecule has 0 aliphatic heterocycles. The second-order valence-electron chi connectivity index (χ2n) is 6.73. The van der Waals surface area contributed by atoms with E-state index in [2.05, 4.69) is 21.2 Å². The van der Waals surface area contributed by atoms with Gasteiger partial charge in [-0.15, -0.1) is 0 Å². The molecule has 3 rings (SSSR count). The Bertz CT molecular complexity index is 1050. The molecule has 0 aliphatic rings. The summed E-state index contributed by atoms with van der Waals surface area (Å²) in [5.41, 5.74) is 5.40. The lowest BCUT2D eigenvalue weighted by Gasteiger charge is -2.13. The number of fused-ring (bicyclic) bond motifs is 1. The number of hydrogen-bond acceptors (Lipinski definition) is 4. The first kappa shape index (κ1) is 21.1. The second kappa shape index (κ2) is 9.29. The molecule has 6 heteroatoms. The van der Waals surface area contributed by atoms with Crippen LogP contribution in [0.25, 0.3) is 27.7 Å². The van der Waals surface area contributed by atoms with Gasteiger partial charge in [0.25, 0.3) is 0 Å². The highest BCUT2D eigenvalue weighted by molar-refractivity contribution is 9.10. The van der Waals surface area contributed by atoms with Gasteiger partial charge in [-0.25, -0.2) is 0 Å². The number of furan rings is 1. The zero-order valence-corrected chi connectivity index (χ0v) is 18.6. The van der Waals surface area contributed by atoms with E-state index in [-0.39, 0.29) is 5.91 Å². The fourth-order valence-corrected chi connectivity index (χ4v) is 3.59. The maximum absolute atomic E-state index is 12.2. The summed E-state index contributed by atoms with van der Waals surface area (Å²) in [6.45, 7) is 4.80. The predicted molar refractivity (Wildman–Crippen MR) is 119 cm³/mol. The molecule has 1 heterocycles. The number of aryl methyl sites for hydroxylation is 1. The van der Waals surface area contributed by atoms with Crippen LogP contribution >= 0.6 is 15.9 Å². The molecule has 2 aromatic carbocycles. The monoisotopic (exact) mass is 457 g/mol. The summed E-state index contributed by atoms with van der Waals surface area (Å²) >= 11 is 3.47. The van der Waals surface area contributed by atoms with Gasteiger partial charge in [0.2, 0.25) is 5.91 Å². The van der Waals surface area contributed by atoms with Crippen LogP contribution in [-0.4, -0.2) is 33.3 Å². The summed E-state index contributed by atoms with van der Waals surface area (Å²) in [5.74, 6) is 0.535. The molecule has 0 saturated carbocycles. The second-order valence-corrected chi connectivity index (χ2v) is 7.64. The molecule has 0 radical (unpaired) electrons. The number of benzene rings is 2. The van der Waals surface area contributed by atoms with E-state index in [0.717, 1.165) is 43.3 Å². The van der Waals surface area contributed by atoms with Crippen LogP contribution in [0.3, 0.4) is 0 Å². The van der Waals surface area contributed by atoms with Crippen LogP contribution in [0.15, 0.2) is 51.6 Å². The number of rotatable bonds is 7.